The molecule has 0 spiro atoms. The first-order valence-corrected chi connectivity index (χ1v) is 10.9. The van der Waals surface area contributed by atoms with Crippen molar-refractivity contribution in [3.63, 3.8) is 0 Å². The van der Waals surface area contributed by atoms with E-state index in [0.29, 0.717) is 0 Å². The first-order chi connectivity index (χ1) is 15.7. The highest BCUT2D eigenvalue weighted by molar-refractivity contribution is 5.84. The number of carbonyl (C=O) groups is 4. The molecule has 10 nitrogen and oxygen atoms in total. The molecule has 0 aliphatic heterocycles. The Morgan fingerprint density at radius 2 is 1.50 bits per heavy atom. The molecule has 3 atom stereocenters. The van der Waals surface area contributed by atoms with Crippen molar-refractivity contribution in [2.24, 2.45) is 5.41 Å². The van der Waals surface area contributed by atoms with Crippen molar-refractivity contribution in [1.29, 1.82) is 0 Å². The number of carbonyl (C=O) groups excluding carboxylic acids is 4. The lowest BCUT2D eigenvalue weighted by atomic mass is 9.93. The normalized spacial score (nSPS) is 14.8. The van der Waals surface area contributed by atoms with E-state index in [1.165, 1.54) is 27.7 Å². The van der Waals surface area contributed by atoms with Crippen LogP contribution >= 0.6 is 0 Å². The van der Waals surface area contributed by atoms with Crippen LogP contribution in [0.5, 0.6) is 0 Å². The number of hydrogen-bond donors (Lipinski definition) is 1. The number of ether oxygens (including phenoxy) is 4. The van der Waals surface area contributed by atoms with E-state index in [0.717, 1.165) is 22.2 Å². The van der Waals surface area contributed by atoms with Gasteiger partial charge in [-0.05, 0) is 33.3 Å². The number of Topliss-reactive ketones (excluding diaryl/α,β-unsaturated/α-hetero) is 1. The number of nitrogens with zero attached hydrogens (tertiary/aromatic N) is 1. The van der Waals surface area contributed by atoms with E-state index in [9.17, 15) is 24.3 Å². The van der Waals surface area contributed by atoms with Gasteiger partial charge in [0.25, 0.3) is 0 Å². The fraction of sp³-hybridized carbons (Fsp3) is 0.583. The highest BCUT2D eigenvalue weighted by atomic mass is 16.7. The van der Waals surface area contributed by atoms with Gasteiger partial charge in [-0.1, -0.05) is 24.3 Å². The maximum atomic E-state index is 12.5. The molecule has 1 N–H and O–H groups in total. The molecule has 0 amide bonds. The van der Waals surface area contributed by atoms with Crippen LogP contribution in [0.3, 0.4) is 0 Å². The third kappa shape index (κ3) is 9.88. The average Bonchev–Trinajstić information content (AvgIpc) is 2.75. The number of quaternary nitrogens is 1. The molecule has 1 rings (SSSR count). The van der Waals surface area contributed by atoms with Crippen LogP contribution in [0.1, 0.15) is 38.8 Å². The fourth-order valence-corrected chi connectivity index (χ4v) is 2.58. The molecule has 10 heteroatoms. The minimum Gasteiger partial charge on any atom is -0.460 e. The van der Waals surface area contributed by atoms with Crippen LogP contribution in [-0.2, 0) is 46.5 Å². The van der Waals surface area contributed by atoms with Gasteiger partial charge in [-0.15, -0.1) is 0 Å². The van der Waals surface area contributed by atoms with Crippen LogP contribution in [0.15, 0.2) is 24.3 Å². The van der Waals surface area contributed by atoms with Gasteiger partial charge in [-0.3, -0.25) is 9.59 Å². The minimum atomic E-state index is -1.53. The van der Waals surface area contributed by atoms with E-state index in [1.54, 1.807) is 0 Å². The molecule has 1 aromatic carbocycles. The van der Waals surface area contributed by atoms with Gasteiger partial charge in [0.1, 0.15) is 25.2 Å². The van der Waals surface area contributed by atoms with E-state index >= 15 is 0 Å². The summed E-state index contributed by atoms with van der Waals surface area (Å²) < 4.78 is 20.6. The van der Waals surface area contributed by atoms with Crippen molar-refractivity contribution in [2.45, 2.75) is 53.1 Å². The number of rotatable bonds is 12. The molecular weight excluding hydrogens is 446 g/mol. The maximum absolute atomic E-state index is 12.5. The lowest BCUT2D eigenvalue weighted by molar-refractivity contribution is -0.884. The summed E-state index contributed by atoms with van der Waals surface area (Å²) in [6.45, 7) is 4.94. The van der Waals surface area contributed by atoms with Crippen LogP contribution < -0.4 is 0 Å². The van der Waals surface area contributed by atoms with Gasteiger partial charge in [-0.25, -0.2) is 9.59 Å². The average molecular weight is 483 g/mol. The first-order valence-electron chi connectivity index (χ1n) is 10.9. The van der Waals surface area contributed by atoms with Crippen LogP contribution in [0.2, 0.25) is 0 Å². The molecule has 3 unspecified atom stereocenters. The van der Waals surface area contributed by atoms with Crippen LogP contribution in [0.4, 0.5) is 4.79 Å². The number of aliphatic hydroxyl groups excluding tert-OH is 1. The molecule has 0 aliphatic carbocycles. The standard InChI is InChI=1S/C24H36NO9/c1-16(27)17(2)33-21(28)18(3)34-23(30)32-15-24(4,14-26)22(29)31-13-20-10-8-19(9-11-20)12-25(5,6)7/h8-11,17-18,26H,12-15H2,1-7H3/q+1. The molecular formula is C24H36NO9+. The highest BCUT2D eigenvalue weighted by Gasteiger charge is 2.37. The van der Waals surface area contributed by atoms with E-state index in [4.69, 9.17) is 18.9 Å². The van der Waals surface area contributed by atoms with Gasteiger partial charge in [0, 0.05) is 5.56 Å². The number of benzene rings is 1. The monoisotopic (exact) mass is 482 g/mol. The summed E-state index contributed by atoms with van der Waals surface area (Å²) >= 11 is 0. The van der Waals surface area contributed by atoms with Gasteiger partial charge in [0.05, 0.1) is 27.7 Å². The van der Waals surface area contributed by atoms with Crippen molar-refractivity contribution in [3.05, 3.63) is 35.4 Å². The van der Waals surface area contributed by atoms with Crippen LogP contribution in [0.25, 0.3) is 0 Å². The summed E-state index contributed by atoms with van der Waals surface area (Å²) in [7, 11) is 6.26. The maximum Gasteiger partial charge on any atom is 0.509 e. The van der Waals surface area contributed by atoms with Crippen molar-refractivity contribution >= 4 is 23.9 Å². The van der Waals surface area contributed by atoms with Crippen LogP contribution in [0, 0.1) is 5.41 Å². The van der Waals surface area contributed by atoms with Gasteiger partial charge in [0.15, 0.2) is 18.0 Å². The molecule has 0 aromatic heterocycles. The lowest BCUT2D eigenvalue weighted by Crippen LogP contribution is -2.39. The lowest BCUT2D eigenvalue weighted by Gasteiger charge is -2.25. The number of aliphatic hydroxyl groups is 1. The molecule has 0 bridgehead atoms. The fourth-order valence-electron chi connectivity index (χ4n) is 2.58. The van der Waals surface area contributed by atoms with Crippen molar-refractivity contribution in [2.75, 3.05) is 34.4 Å². The number of hydrogen-bond acceptors (Lipinski definition) is 9. The molecule has 0 radical (unpaired) electrons. The Labute approximate surface area is 200 Å². The largest absolute Gasteiger partial charge is 0.509 e. The second-order valence-electron chi connectivity index (χ2n) is 9.55. The quantitative estimate of drug-likeness (QED) is 0.270. The van der Waals surface area contributed by atoms with E-state index in [-0.39, 0.29) is 12.4 Å². The Hall–Kier alpha value is -2.98. The Kier molecular flexibility index (Phi) is 10.7. The highest BCUT2D eigenvalue weighted by Crippen LogP contribution is 2.20. The Morgan fingerprint density at radius 3 is 2.00 bits per heavy atom. The van der Waals surface area contributed by atoms with Gasteiger partial charge < -0.3 is 28.5 Å². The second-order valence-corrected chi connectivity index (χ2v) is 9.55. The summed E-state index contributed by atoms with van der Waals surface area (Å²) in [5.41, 5.74) is 0.380. The zero-order valence-electron chi connectivity index (χ0n) is 21.0. The number of esters is 2. The van der Waals surface area contributed by atoms with Crippen molar-refractivity contribution < 1.29 is 47.7 Å². The molecule has 34 heavy (non-hydrogen) atoms. The predicted octanol–water partition coefficient (Wildman–Crippen LogP) is 2.00. The van der Waals surface area contributed by atoms with E-state index in [2.05, 4.69) is 21.1 Å². The Balaban J connectivity index is 2.57. The van der Waals surface area contributed by atoms with Gasteiger partial charge >= 0.3 is 18.1 Å². The summed E-state index contributed by atoms with van der Waals surface area (Å²) in [6.07, 6.45) is -3.54. The predicted molar refractivity (Wildman–Crippen MR) is 121 cm³/mol. The van der Waals surface area contributed by atoms with Crippen molar-refractivity contribution in [3.8, 4) is 0 Å². The smallest absolute Gasteiger partial charge is 0.460 e. The third-order valence-corrected chi connectivity index (χ3v) is 4.87. The summed E-state index contributed by atoms with van der Waals surface area (Å²) in [5.74, 6) is -2.04. The van der Waals surface area contributed by atoms with Gasteiger partial charge in [0.2, 0.25) is 0 Å². The van der Waals surface area contributed by atoms with Gasteiger partial charge in [-0.2, -0.15) is 0 Å². The first kappa shape index (κ1) is 29.1. The van der Waals surface area contributed by atoms with E-state index in [1.807, 2.05) is 24.3 Å². The minimum absolute atomic E-state index is 0.0132. The second kappa shape index (κ2) is 12.5. The van der Waals surface area contributed by atoms with Crippen molar-refractivity contribution in [1.82, 2.24) is 0 Å². The third-order valence-electron chi connectivity index (χ3n) is 4.87. The molecule has 0 heterocycles. The molecule has 0 fully saturated rings. The molecule has 0 saturated carbocycles. The Bertz CT molecular complexity index is 860. The molecule has 0 saturated heterocycles. The van der Waals surface area contributed by atoms with Crippen LogP contribution in [-0.4, -0.2) is 80.0 Å². The zero-order valence-corrected chi connectivity index (χ0v) is 21.0. The molecule has 0 aliphatic rings. The summed E-state index contributed by atoms with van der Waals surface area (Å²) in [6, 6.07) is 7.63. The van der Waals surface area contributed by atoms with E-state index < -0.39 is 48.9 Å². The number of ketones is 1. The zero-order chi connectivity index (χ0) is 26.1. The Morgan fingerprint density at radius 1 is 0.941 bits per heavy atom. The molecule has 190 valence electrons. The molecule has 1 aromatic rings. The summed E-state index contributed by atoms with van der Waals surface area (Å²) in [4.78, 5) is 47.5. The topological polar surface area (TPSA) is 125 Å². The summed E-state index contributed by atoms with van der Waals surface area (Å²) in [5, 5.41) is 9.69. The SMILES string of the molecule is CC(=O)C(C)OC(=O)C(C)OC(=O)OCC(C)(CO)C(=O)OCc1ccc(C[N+](C)(C)C)cc1.